The molecule has 8 nitrogen and oxygen atoms in total. The highest BCUT2D eigenvalue weighted by Gasteiger charge is 2.25. The quantitative estimate of drug-likeness (QED) is 0.464. The molecule has 0 radical (unpaired) electrons. The normalized spacial score (nSPS) is 17.7. The predicted molar refractivity (Wildman–Crippen MR) is 85.0 cm³/mol. The number of hydrogen-bond donors (Lipinski definition) is 4. The van der Waals surface area contributed by atoms with Gasteiger partial charge < -0.3 is 0 Å². The second-order valence-corrected chi connectivity index (χ2v) is 5.42. The zero-order valence-corrected chi connectivity index (χ0v) is 13.2. The summed E-state index contributed by atoms with van der Waals surface area (Å²) in [5.41, 5.74) is 7.57. The Morgan fingerprint density at radius 3 is 2.65 bits per heavy atom. The first-order valence-corrected chi connectivity index (χ1v) is 7.35. The number of hydrogen-bond acceptors (Lipinski definition) is 5. The maximum atomic E-state index is 11.7. The standard InChI is InChI=1S/C13H13Cl2N5O3/c14-8-2-1-3-9(15)7(8)6-16-19-11(21)5-4-10-12(22)17-13(23)20-18-10/h1-3,6,10,18H,4-5H2,(H,19,21)(H2,17,20,22,23)/b16-6+. The van der Waals surface area contributed by atoms with Gasteiger partial charge in [0.15, 0.2) is 0 Å². The monoisotopic (exact) mass is 357 g/mol. The Morgan fingerprint density at radius 2 is 2.00 bits per heavy atom. The summed E-state index contributed by atoms with van der Waals surface area (Å²) in [4.78, 5) is 34.0. The van der Waals surface area contributed by atoms with Crippen LogP contribution in [0.2, 0.25) is 10.0 Å². The van der Waals surface area contributed by atoms with Crippen molar-refractivity contribution in [1.82, 2.24) is 21.6 Å². The van der Waals surface area contributed by atoms with Crippen LogP contribution in [0.25, 0.3) is 0 Å². The molecule has 4 N–H and O–H groups in total. The number of benzene rings is 1. The Morgan fingerprint density at radius 1 is 1.30 bits per heavy atom. The number of carbonyl (C=O) groups excluding carboxylic acids is 3. The Hall–Kier alpha value is -2.16. The molecule has 1 fully saturated rings. The van der Waals surface area contributed by atoms with Crippen LogP contribution in [0.4, 0.5) is 4.79 Å². The lowest BCUT2D eigenvalue weighted by Gasteiger charge is -2.22. The molecule has 1 aliphatic rings. The molecule has 2 rings (SSSR count). The van der Waals surface area contributed by atoms with Gasteiger partial charge in [-0.1, -0.05) is 29.3 Å². The maximum absolute atomic E-state index is 11.7. The molecule has 0 aromatic heterocycles. The number of hydrazone groups is 1. The largest absolute Gasteiger partial charge is 0.335 e. The number of nitrogens with one attached hydrogen (secondary N) is 4. The SMILES string of the molecule is O=C(CCC1NNC(=O)NC1=O)N/N=C/c1c(Cl)cccc1Cl. The third-order valence-electron chi connectivity index (χ3n) is 2.96. The molecule has 0 aliphatic carbocycles. The molecule has 1 aromatic rings. The van der Waals surface area contributed by atoms with E-state index in [-0.39, 0.29) is 12.8 Å². The molecule has 23 heavy (non-hydrogen) atoms. The summed E-state index contributed by atoms with van der Waals surface area (Å²) in [5, 5.41) is 6.68. The van der Waals surface area contributed by atoms with Crippen molar-refractivity contribution >= 4 is 47.3 Å². The van der Waals surface area contributed by atoms with Crippen LogP contribution >= 0.6 is 23.2 Å². The van der Waals surface area contributed by atoms with E-state index in [1.54, 1.807) is 18.2 Å². The molecule has 1 aliphatic heterocycles. The van der Waals surface area contributed by atoms with E-state index in [1.165, 1.54) is 6.21 Å². The fourth-order valence-corrected chi connectivity index (χ4v) is 2.28. The van der Waals surface area contributed by atoms with E-state index in [0.717, 1.165) is 0 Å². The lowest BCUT2D eigenvalue weighted by molar-refractivity contribution is -0.124. The summed E-state index contributed by atoms with van der Waals surface area (Å²) in [7, 11) is 0. The van der Waals surface area contributed by atoms with Crippen molar-refractivity contribution in [3.8, 4) is 0 Å². The molecular weight excluding hydrogens is 345 g/mol. The van der Waals surface area contributed by atoms with Gasteiger partial charge in [0.2, 0.25) is 11.8 Å². The molecule has 10 heteroatoms. The minimum Gasteiger partial charge on any atom is -0.276 e. The smallest absolute Gasteiger partial charge is 0.276 e. The van der Waals surface area contributed by atoms with Crippen LogP contribution in [0.1, 0.15) is 18.4 Å². The molecule has 1 aromatic carbocycles. The fourth-order valence-electron chi connectivity index (χ4n) is 1.79. The van der Waals surface area contributed by atoms with Gasteiger partial charge in [0, 0.05) is 12.0 Å². The van der Waals surface area contributed by atoms with Crippen molar-refractivity contribution in [3.63, 3.8) is 0 Å². The number of halogens is 2. The first-order chi connectivity index (χ1) is 11.0. The first kappa shape index (κ1) is 17.2. The molecule has 1 saturated heterocycles. The van der Waals surface area contributed by atoms with Crippen molar-refractivity contribution in [2.75, 3.05) is 0 Å². The van der Waals surface area contributed by atoms with Gasteiger partial charge >= 0.3 is 6.03 Å². The molecule has 1 unspecified atom stereocenters. The van der Waals surface area contributed by atoms with Crippen molar-refractivity contribution in [1.29, 1.82) is 0 Å². The van der Waals surface area contributed by atoms with E-state index in [0.29, 0.717) is 15.6 Å². The average molecular weight is 358 g/mol. The van der Waals surface area contributed by atoms with E-state index in [9.17, 15) is 14.4 Å². The van der Waals surface area contributed by atoms with Crippen LogP contribution in [0, 0.1) is 0 Å². The summed E-state index contributed by atoms with van der Waals surface area (Å²) >= 11 is 11.9. The van der Waals surface area contributed by atoms with Crippen molar-refractivity contribution in [3.05, 3.63) is 33.8 Å². The van der Waals surface area contributed by atoms with Crippen LogP contribution in [0.3, 0.4) is 0 Å². The van der Waals surface area contributed by atoms with Crippen LogP contribution in [-0.2, 0) is 9.59 Å². The summed E-state index contributed by atoms with van der Waals surface area (Å²) in [6.07, 6.45) is 1.57. The van der Waals surface area contributed by atoms with Crippen molar-refractivity contribution in [2.24, 2.45) is 5.10 Å². The Bertz CT molecular complexity index is 645. The Kier molecular flexibility index (Phi) is 5.91. The van der Waals surface area contributed by atoms with Gasteiger partial charge in [-0.2, -0.15) is 5.10 Å². The van der Waals surface area contributed by atoms with Crippen molar-refractivity contribution in [2.45, 2.75) is 18.9 Å². The minimum absolute atomic E-state index is 0.0363. The highest BCUT2D eigenvalue weighted by molar-refractivity contribution is 6.38. The van der Waals surface area contributed by atoms with E-state index in [2.05, 4.69) is 26.7 Å². The molecule has 0 saturated carbocycles. The number of nitrogens with zero attached hydrogens (tertiary/aromatic N) is 1. The first-order valence-electron chi connectivity index (χ1n) is 6.59. The Balaban J connectivity index is 1.80. The topological polar surface area (TPSA) is 112 Å². The third kappa shape index (κ3) is 4.92. The highest BCUT2D eigenvalue weighted by atomic mass is 35.5. The number of imide groups is 1. The van der Waals surface area contributed by atoms with Crippen LogP contribution in [-0.4, -0.2) is 30.1 Å². The molecule has 1 heterocycles. The zero-order valence-electron chi connectivity index (χ0n) is 11.7. The number of carbonyl (C=O) groups is 3. The second kappa shape index (κ2) is 7.91. The highest BCUT2D eigenvalue weighted by Crippen LogP contribution is 2.21. The average Bonchev–Trinajstić information content (AvgIpc) is 2.49. The maximum Gasteiger partial charge on any atom is 0.335 e. The number of amides is 4. The number of rotatable bonds is 5. The lowest BCUT2D eigenvalue weighted by atomic mass is 10.1. The van der Waals surface area contributed by atoms with E-state index >= 15 is 0 Å². The van der Waals surface area contributed by atoms with Crippen LogP contribution in [0.15, 0.2) is 23.3 Å². The summed E-state index contributed by atoms with van der Waals surface area (Å²) in [5.74, 6) is -0.885. The summed E-state index contributed by atoms with van der Waals surface area (Å²) in [6.45, 7) is 0. The number of hydrazine groups is 1. The molecular formula is C13H13Cl2N5O3. The number of urea groups is 1. The zero-order chi connectivity index (χ0) is 16.8. The predicted octanol–water partition coefficient (Wildman–Crippen LogP) is 0.936. The van der Waals surface area contributed by atoms with Gasteiger partial charge in [-0.3, -0.25) is 20.3 Å². The minimum atomic E-state index is -0.680. The molecule has 4 amide bonds. The fraction of sp³-hybridized carbons (Fsp3) is 0.231. The van der Waals surface area contributed by atoms with Gasteiger partial charge in [0.05, 0.1) is 16.3 Å². The third-order valence-corrected chi connectivity index (χ3v) is 3.62. The van der Waals surface area contributed by atoms with Gasteiger partial charge in [-0.05, 0) is 18.6 Å². The van der Waals surface area contributed by atoms with Crippen LogP contribution in [0.5, 0.6) is 0 Å². The van der Waals surface area contributed by atoms with E-state index in [1.807, 2.05) is 0 Å². The van der Waals surface area contributed by atoms with Gasteiger partial charge in [0.25, 0.3) is 0 Å². The van der Waals surface area contributed by atoms with E-state index < -0.39 is 23.9 Å². The molecule has 122 valence electrons. The molecule has 0 bridgehead atoms. The van der Waals surface area contributed by atoms with Crippen LogP contribution < -0.4 is 21.6 Å². The van der Waals surface area contributed by atoms with Crippen molar-refractivity contribution < 1.29 is 14.4 Å². The lowest BCUT2D eigenvalue weighted by Crippen LogP contribution is -2.62. The Labute approximate surface area is 141 Å². The van der Waals surface area contributed by atoms with Gasteiger partial charge in [-0.25, -0.2) is 15.6 Å². The molecule has 1 atom stereocenters. The molecule has 0 spiro atoms. The van der Waals surface area contributed by atoms with Gasteiger partial charge in [-0.15, -0.1) is 0 Å². The summed E-state index contributed by atoms with van der Waals surface area (Å²) < 4.78 is 0. The second-order valence-electron chi connectivity index (χ2n) is 4.61. The summed E-state index contributed by atoms with van der Waals surface area (Å²) in [6, 6.07) is 3.69. The van der Waals surface area contributed by atoms with Gasteiger partial charge in [0.1, 0.15) is 6.04 Å². The van der Waals surface area contributed by atoms with E-state index in [4.69, 9.17) is 23.2 Å².